The van der Waals surface area contributed by atoms with E-state index >= 15 is 0 Å². The van der Waals surface area contributed by atoms with Crippen LogP contribution in [0, 0.1) is 25.2 Å². The summed E-state index contributed by atoms with van der Waals surface area (Å²) in [5.74, 6) is -0.278. The summed E-state index contributed by atoms with van der Waals surface area (Å²) in [6.07, 6.45) is 3.47. The van der Waals surface area contributed by atoms with Crippen molar-refractivity contribution in [1.29, 1.82) is 5.26 Å². The van der Waals surface area contributed by atoms with Gasteiger partial charge in [-0.3, -0.25) is 4.79 Å². The van der Waals surface area contributed by atoms with Crippen molar-refractivity contribution in [3.63, 3.8) is 0 Å². The minimum absolute atomic E-state index is 0.257. The molecule has 148 valence electrons. The van der Waals surface area contributed by atoms with Crippen molar-refractivity contribution in [2.24, 2.45) is 5.10 Å². The molecule has 0 fully saturated rings. The lowest BCUT2D eigenvalue weighted by molar-refractivity contribution is 0.0955. The standard InChI is InChI=1S/C24H21N5O/c1-17-7-8-18(2)29(17)21-11-9-19(10-12-21)24(30)27-26-15-20-16-28(14-13-25)23-6-4-3-5-22(20)23/h3-12,15-16H,14H2,1-2H3,(H,27,30). The van der Waals surface area contributed by atoms with Crippen LogP contribution < -0.4 is 5.43 Å². The summed E-state index contributed by atoms with van der Waals surface area (Å²) >= 11 is 0. The van der Waals surface area contributed by atoms with E-state index < -0.39 is 0 Å². The minimum atomic E-state index is -0.278. The number of rotatable bonds is 5. The van der Waals surface area contributed by atoms with Gasteiger partial charge in [0.1, 0.15) is 6.54 Å². The van der Waals surface area contributed by atoms with Gasteiger partial charge in [0, 0.05) is 45.3 Å². The normalized spacial score (nSPS) is 11.1. The molecule has 30 heavy (non-hydrogen) atoms. The topological polar surface area (TPSA) is 75.1 Å². The summed E-state index contributed by atoms with van der Waals surface area (Å²) in [6, 6.07) is 21.5. The first-order valence-electron chi connectivity index (χ1n) is 9.62. The molecule has 2 aromatic heterocycles. The molecule has 0 aliphatic carbocycles. The van der Waals surface area contributed by atoms with Crippen LogP contribution in [0.3, 0.4) is 0 Å². The fraction of sp³-hybridized carbons (Fsp3) is 0.125. The van der Waals surface area contributed by atoms with Crippen LogP contribution in [0.25, 0.3) is 16.6 Å². The van der Waals surface area contributed by atoms with E-state index in [0.717, 1.165) is 33.5 Å². The SMILES string of the molecule is Cc1ccc(C)n1-c1ccc(C(=O)NN=Cc2cn(CC#N)c3ccccc23)cc1. The molecule has 0 saturated heterocycles. The van der Waals surface area contributed by atoms with Gasteiger partial charge in [-0.25, -0.2) is 5.43 Å². The Morgan fingerprint density at radius 2 is 1.77 bits per heavy atom. The summed E-state index contributed by atoms with van der Waals surface area (Å²) in [7, 11) is 0. The number of nitrogens with one attached hydrogen (secondary N) is 1. The molecule has 4 rings (SSSR count). The molecule has 6 nitrogen and oxygen atoms in total. The fourth-order valence-corrected chi connectivity index (χ4v) is 3.65. The number of benzene rings is 2. The average Bonchev–Trinajstić information content (AvgIpc) is 3.28. The third-order valence-electron chi connectivity index (χ3n) is 5.09. The van der Waals surface area contributed by atoms with E-state index in [0.29, 0.717) is 5.56 Å². The average molecular weight is 395 g/mol. The highest BCUT2D eigenvalue weighted by Crippen LogP contribution is 2.20. The summed E-state index contributed by atoms with van der Waals surface area (Å²) in [5.41, 5.74) is 8.21. The molecule has 0 aliphatic heterocycles. The second kappa shape index (κ2) is 8.10. The van der Waals surface area contributed by atoms with Crippen LogP contribution >= 0.6 is 0 Å². The summed E-state index contributed by atoms with van der Waals surface area (Å²) in [5, 5.41) is 14.1. The molecule has 2 aromatic carbocycles. The smallest absolute Gasteiger partial charge is 0.271 e. The third kappa shape index (κ3) is 3.61. The second-order valence-electron chi connectivity index (χ2n) is 7.09. The van der Waals surface area contributed by atoms with Crippen LogP contribution in [0.15, 0.2) is 72.0 Å². The fourth-order valence-electron chi connectivity index (χ4n) is 3.65. The zero-order chi connectivity index (χ0) is 21.1. The Labute approximate surface area is 174 Å². The number of hydrogen-bond donors (Lipinski definition) is 1. The van der Waals surface area contributed by atoms with E-state index in [4.69, 9.17) is 5.26 Å². The van der Waals surface area contributed by atoms with E-state index in [2.05, 4.69) is 47.1 Å². The maximum atomic E-state index is 12.5. The quantitative estimate of drug-likeness (QED) is 0.403. The lowest BCUT2D eigenvalue weighted by Gasteiger charge is -2.10. The first-order valence-corrected chi connectivity index (χ1v) is 9.62. The Balaban J connectivity index is 1.49. The molecule has 0 unspecified atom stereocenters. The van der Waals surface area contributed by atoms with E-state index in [1.165, 1.54) is 0 Å². The summed E-state index contributed by atoms with van der Waals surface area (Å²) < 4.78 is 4.00. The summed E-state index contributed by atoms with van der Waals surface area (Å²) in [4.78, 5) is 12.5. The van der Waals surface area contributed by atoms with Crippen LogP contribution in [0.4, 0.5) is 0 Å². The molecule has 0 aliphatic rings. The monoisotopic (exact) mass is 395 g/mol. The number of nitrogens with zero attached hydrogens (tertiary/aromatic N) is 4. The highest BCUT2D eigenvalue weighted by Gasteiger charge is 2.08. The van der Waals surface area contributed by atoms with Gasteiger partial charge >= 0.3 is 0 Å². The molecular weight excluding hydrogens is 374 g/mol. The van der Waals surface area contributed by atoms with Crippen molar-refractivity contribution < 1.29 is 4.79 Å². The van der Waals surface area contributed by atoms with Crippen molar-refractivity contribution in [2.75, 3.05) is 0 Å². The van der Waals surface area contributed by atoms with Gasteiger partial charge in [-0.2, -0.15) is 10.4 Å². The number of carbonyl (C=O) groups excluding carboxylic acids is 1. The second-order valence-corrected chi connectivity index (χ2v) is 7.09. The molecule has 1 amide bonds. The Morgan fingerprint density at radius 3 is 2.47 bits per heavy atom. The van der Waals surface area contributed by atoms with Gasteiger partial charge in [0.15, 0.2) is 0 Å². The van der Waals surface area contributed by atoms with Crippen LogP contribution in [-0.4, -0.2) is 21.3 Å². The van der Waals surface area contributed by atoms with E-state index in [9.17, 15) is 4.79 Å². The molecule has 2 heterocycles. The number of para-hydroxylation sites is 1. The van der Waals surface area contributed by atoms with Crippen molar-refractivity contribution in [2.45, 2.75) is 20.4 Å². The zero-order valence-electron chi connectivity index (χ0n) is 16.8. The van der Waals surface area contributed by atoms with Gasteiger partial charge in [0.2, 0.25) is 0 Å². The van der Waals surface area contributed by atoms with Crippen LogP contribution in [-0.2, 0) is 6.54 Å². The number of carbonyl (C=O) groups is 1. The van der Waals surface area contributed by atoms with Gasteiger partial charge in [0.05, 0.1) is 12.3 Å². The van der Waals surface area contributed by atoms with Crippen molar-refractivity contribution in [3.05, 3.63) is 89.4 Å². The largest absolute Gasteiger partial charge is 0.333 e. The number of fused-ring (bicyclic) bond motifs is 1. The number of nitriles is 1. The lowest BCUT2D eigenvalue weighted by atomic mass is 10.2. The highest BCUT2D eigenvalue weighted by molar-refractivity contribution is 6.00. The Hall–Kier alpha value is -4.11. The number of amides is 1. The predicted molar refractivity (Wildman–Crippen MR) is 118 cm³/mol. The molecule has 6 heteroatoms. The number of aromatic nitrogens is 2. The Bertz CT molecular complexity index is 1270. The van der Waals surface area contributed by atoms with Crippen molar-refractivity contribution in [1.82, 2.24) is 14.6 Å². The predicted octanol–water partition coefficient (Wildman–Crippen LogP) is 4.34. The minimum Gasteiger partial charge on any atom is -0.333 e. The first kappa shape index (κ1) is 19.2. The first-order chi connectivity index (χ1) is 14.6. The molecule has 0 saturated carbocycles. The molecule has 0 radical (unpaired) electrons. The molecular formula is C24H21N5O. The highest BCUT2D eigenvalue weighted by atomic mass is 16.2. The van der Waals surface area contributed by atoms with E-state index in [1.807, 2.05) is 47.2 Å². The zero-order valence-corrected chi connectivity index (χ0v) is 16.8. The maximum Gasteiger partial charge on any atom is 0.271 e. The maximum absolute atomic E-state index is 12.5. The van der Waals surface area contributed by atoms with Gasteiger partial charge in [0.25, 0.3) is 5.91 Å². The van der Waals surface area contributed by atoms with Crippen LogP contribution in [0.1, 0.15) is 27.3 Å². The van der Waals surface area contributed by atoms with Crippen molar-refractivity contribution >= 4 is 23.0 Å². The number of hydrazone groups is 1. The Morgan fingerprint density at radius 1 is 1.07 bits per heavy atom. The van der Waals surface area contributed by atoms with Gasteiger partial charge < -0.3 is 9.13 Å². The Kier molecular flexibility index (Phi) is 5.19. The molecule has 1 N–H and O–H groups in total. The lowest BCUT2D eigenvalue weighted by Crippen LogP contribution is -2.17. The van der Waals surface area contributed by atoms with Gasteiger partial charge in [-0.15, -0.1) is 0 Å². The molecule has 0 bridgehead atoms. The van der Waals surface area contributed by atoms with Crippen molar-refractivity contribution in [3.8, 4) is 11.8 Å². The molecule has 0 spiro atoms. The number of hydrogen-bond acceptors (Lipinski definition) is 3. The van der Waals surface area contributed by atoms with Gasteiger partial charge in [-0.1, -0.05) is 18.2 Å². The third-order valence-corrected chi connectivity index (χ3v) is 5.09. The molecule has 0 atom stereocenters. The number of aryl methyl sites for hydroxylation is 2. The van der Waals surface area contributed by atoms with Crippen LogP contribution in [0.5, 0.6) is 0 Å². The molecule has 4 aromatic rings. The summed E-state index contributed by atoms with van der Waals surface area (Å²) in [6.45, 7) is 4.36. The van der Waals surface area contributed by atoms with E-state index in [-0.39, 0.29) is 12.5 Å². The van der Waals surface area contributed by atoms with Gasteiger partial charge in [-0.05, 0) is 56.3 Å². The van der Waals surface area contributed by atoms with Crippen LogP contribution in [0.2, 0.25) is 0 Å². The van der Waals surface area contributed by atoms with E-state index in [1.54, 1.807) is 18.3 Å².